The highest BCUT2D eigenvalue weighted by atomic mass is 16.5. The minimum Gasteiger partial charge on any atom is -0.493 e. The summed E-state index contributed by atoms with van der Waals surface area (Å²) < 4.78 is 5.37. The number of pyridine rings is 1. The van der Waals surface area contributed by atoms with Crippen molar-refractivity contribution in [1.29, 1.82) is 0 Å². The Balaban J connectivity index is 1.82. The molecule has 0 spiro atoms. The van der Waals surface area contributed by atoms with Crippen LogP contribution in [0, 0.1) is 0 Å². The van der Waals surface area contributed by atoms with Crippen molar-refractivity contribution < 1.29 is 19.1 Å². The molecule has 0 aliphatic rings. The van der Waals surface area contributed by atoms with Crippen LogP contribution in [0.1, 0.15) is 27.8 Å². The molecule has 25 heavy (non-hydrogen) atoms. The second kappa shape index (κ2) is 9.02. The Bertz CT molecular complexity index is 749. The predicted molar refractivity (Wildman–Crippen MR) is 89.8 cm³/mol. The van der Waals surface area contributed by atoms with Crippen LogP contribution in [0.3, 0.4) is 0 Å². The number of benzene rings is 1. The molecular formula is C17H18N4O4. The molecular weight excluding hydrogens is 324 g/mol. The van der Waals surface area contributed by atoms with Gasteiger partial charge in [0.2, 0.25) is 0 Å². The molecule has 130 valence electrons. The van der Waals surface area contributed by atoms with Crippen LogP contribution in [-0.4, -0.2) is 35.9 Å². The lowest BCUT2D eigenvalue weighted by Crippen LogP contribution is -2.46. The standard InChI is InChI=1S/C17H18N4O4/c1-2-25-14-9-4-3-7-12(14)16(23)19-11-15(22)20-21-17(24)13-8-5-6-10-18-13/h3-10H,2,11H2,1H3,(H,19,23)(H,20,22)(H,21,24). The molecule has 0 saturated carbocycles. The first kappa shape index (κ1) is 17.9. The van der Waals surface area contributed by atoms with E-state index in [-0.39, 0.29) is 12.2 Å². The first-order valence-corrected chi connectivity index (χ1v) is 7.62. The molecule has 2 aromatic rings. The van der Waals surface area contributed by atoms with Crippen molar-refractivity contribution in [1.82, 2.24) is 21.2 Å². The van der Waals surface area contributed by atoms with Crippen molar-refractivity contribution in [2.75, 3.05) is 13.2 Å². The molecule has 8 heteroatoms. The highest BCUT2D eigenvalue weighted by molar-refractivity contribution is 5.99. The third-order valence-corrected chi connectivity index (χ3v) is 3.05. The molecule has 8 nitrogen and oxygen atoms in total. The van der Waals surface area contributed by atoms with Gasteiger partial charge < -0.3 is 10.1 Å². The molecule has 0 atom stereocenters. The van der Waals surface area contributed by atoms with Crippen molar-refractivity contribution in [2.24, 2.45) is 0 Å². The molecule has 0 radical (unpaired) electrons. The van der Waals surface area contributed by atoms with Crippen LogP contribution in [0.4, 0.5) is 0 Å². The van der Waals surface area contributed by atoms with E-state index in [4.69, 9.17) is 4.74 Å². The number of carbonyl (C=O) groups excluding carboxylic acids is 3. The van der Waals surface area contributed by atoms with Crippen molar-refractivity contribution >= 4 is 17.7 Å². The first-order chi connectivity index (χ1) is 12.1. The number of nitrogens with one attached hydrogen (secondary N) is 3. The van der Waals surface area contributed by atoms with E-state index in [2.05, 4.69) is 21.2 Å². The molecule has 0 aliphatic carbocycles. The normalized spacial score (nSPS) is 9.80. The number of hydrogen-bond acceptors (Lipinski definition) is 5. The van der Waals surface area contributed by atoms with Gasteiger partial charge in [-0.1, -0.05) is 18.2 Å². The lowest BCUT2D eigenvalue weighted by molar-refractivity contribution is -0.120. The number of rotatable bonds is 6. The number of ether oxygens (including phenoxy) is 1. The molecule has 0 fully saturated rings. The molecule has 3 N–H and O–H groups in total. The average molecular weight is 342 g/mol. The van der Waals surface area contributed by atoms with Gasteiger partial charge in [0.25, 0.3) is 17.7 Å². The van der Waals surface area contributed by atoms with Crippen molar-refractivity contribution in [3.63, 3.8) is 0 Å². The largest absolute Gasteiger partial charge is 0.493 e. The number of hydrogen-bond donors (Lipinski definition) is 3. The number of hydrazine groups is 1. The number of carbonyl (C=O) groups is 3. The second-order valence-electron chi connectivity index (χ2n) is 4.83. The lowest BCUT2D eigenvalue weighted by atomic mass is 10.2. The van der Waals surface area contributed by atoms with Crippen molar-refractivity contribution in [3.05, 3.63) is 59.9 Å². The van der Waals surface area contributed by atoms with Crippen LogP contribution in [0.5, 0.6) is 5.75 Å². The molecule has 2 rings (SSSR count). The summed E-state index contributed by atoms with van der Waals surface area (Å²) in [6, 6.07) is 11.6. The molecule has 1 heterocycles. The summed E-state index contributed by atoms with van der Waals surface area (Å²) in [5.74, 6) is -1.14. The topological polar surface area (TPSA) is 109 Å². The van der Waals surface area contributed by atoms with Gasteiger partial charge in [0.05, 0.1) is 18.7 Å². The fourth-order valence-electron chi connectivity index (χ4n) is 1.92. The average Bonchev–Trinajstić information content (AvgIpc) is 2.65. The minimum absolute atomic E-state index is 0.164. The Labute approximate surface area is 144 Å². The van der Waals surface area contributed by atoms with Gasteiger partial charge in [-0.2, -0.15) is 0 Å². The zero-order valence-corrected chi connectivity index (χ0v) is 13.6. The summed E-state index contributed by atoms with van der Waals surface area (Å²) in [7, 11) is 0. The predicted octanol–water partition coefficient (Wildman–Crippen LogP) is 0.671. The van der Waals surface area contributed by atoms with Crippen LogP contribution in [0.25, 0.3) is 0 Å². The van der Waals surface area contributed by atoms with Gasteiger partial charge in [-0.3, -0.25) is 30.2 Å². The van der Waals surface area contributed by atoms with Crippen LogP contribution in [0.2, 0.25) is 0 Å². The SMILES string of the molecule is CCOc1ccccc1C(=O)NCC(=O)NNC(=O)c1ccccn1. The van der Waals surface area contributed by atoms with E-state index < -0.39 is 17.7 Å². The van der Waals surface area contributed by atoms with E-state index in [1.807, 2.05) is 6.92 Å². The molecule has 0 aliphatic heterocycles. The van der Waals surface area contributed by atoms with E-state index >= 15 is 0 Å². The van der Waals surface area contributed by atoms with Gasteiger partial charge in [-0.15, -0.1) is 0 Å². The molecule has 0 unspecified atom stereocenters. The van der Waals surface area contributed by atoms with E-state index in [0.29, 0.717) is 17.9 Å². The Morgan fingerprint density at radius 2 is 1.76 bits per heavy atom. The zero-order chi connectivity index (χ0) is 18.1. The van der Waals surface area contributed by atoms with Crippen molar-refractivity contribution in [3.8, 4) is 5.75 Å². The van der Waals surface area contributed by atoms with Crippen LogP contribution >= 0.6 is 0 Å². The maximum atomic E-state index is 12.1. The number of aromatic nitrogens is 1. The van der Waals surface area contributed by atoms with E-state index in [0.717, 1.165) is 0 Å². The van der Waals surface area contributed by atoms with Crippen LogP contribution < -0.4 is 20.9 Å². The van der Waals surface area contributed by atoms with Gasteiger partial charge in [-0.25, -0.2) is 0 Å². The maximum absolute atomic E-state index is 12.1. The molecule has 1 aromatic heterocycles. The fourth-order valence-corrected chi connectivity index (χ4v) is 1.92. The Kier molecular flexibility index (Phi) is 6.47. The highest BCUT2D eigenvalue weighted by Crippen LogP contribution is 2.17. The summed E-state index contributed by atoms with van der Waals surface area (Å²) in [5, 5.41) is 2.46. The zero-order valence-electron chi connectivity index (χ0n) is 13.6. The van der Waals surface area contributed by atoms with Crippen molar-refractivity contribution in [2.45, 2.75) is 6.92 Å². The molecule has 1 aromatic carbocycles. The number of amides is 3. The van der Waals surface area contributed by atoms with Gasteiger partial charge >= 0.3 is 0 Å². The van der Waals surface area contributed by atoms with Gasteiger partial charge in [0.15, 0.2) is 0 Å². The van der Waals surface area contributed by atoms with E-state index in [1.54, 1.807) is 36.4 Å². The molecule has 0 bridgehead atoms. The monoisotopic (exact) mass is 342 g/mol. The molecule has 0 saturated heterocycles. The van der Waals surface area contributed by atoms with E-state index in [9.17, 15) is 14.4 Å². The van der Waals surface area contributed by atoms with Gasteiger partial charge in [-0.05, 0) is 31.2 Å². The smallest absolute Gasteiger partial charge is 0.288 e. The lowest BCUT2D eigenvalue weighted by Gasteiger charge is -2.11. The molecule has 3 amide bonds. The van der Waals surface area contributed by atoms with E-state index in [1.165, 1.54) is 12.3 Å². The maximum Gasteiger partial charge on any atom is 0.288 e. The summed E-state index contributed by atoms with van der Waals surface area (Å²) in [5.41, 5.74) is 4.91. The summed E-state index contributed by atoms with van der Waals surface area (Å²) in [4.78, 5) is 39.5. The summed E-state index contributed by atoms with van der Waals surface area (Å²) >= 11 is 0. The highest BCUT2D eigenvalue weighted by Gasteiger charge is 2.13. The Morgan fingerprint density at radius 3 is 2.48 bits per heavy atom. The van der Waals surface area contributed by atoms with Crippen LogP contribution in [0.15, 0.2) is 48.7 Å². The third kappa shape index (κ3) is 5.31. The second-order valence-corrected chi connectivity index (χ2v) is 4.83. The summed E-state index contributed by atoms with van der Waals surface area (Å²) in [6.07, 6.45) is 1.47. The Hall–Kier alpha value is -3.42. The Morgan fingerprint density at radius 1 is 1.00 bits per heavy atom. The number of nitrogens with zero attached hydrogens (tertiary/aromatic N) is 1. The first-order valence-electron chi connectivity index (χ1n) is 7.62. The van der Waals surface area contributed by atoms with Gasteiger partial charge in [0.1, 0.15) is 11.4 Å². The van der Waals surface area contributed by atoms with Crippen LogP contribution in [-0.2, 0) is 4.79 Å². The minimum atomic E-state index is -0.577. The van der Waals surface area contributed by atoms with Gasteiger partial charge in [0, 0.05) is 6.20 Å². The third-order valence-electron chi connectivity index (χ3n) is 3.05. The fraction of sp³-hybridized carbons (Fsp3) is 0.176. The quantitative estimate of drug-likeness (QED) is 0.669. The number of para-hydroxylation sites is 1. The summed E-state index contributed by atoms with van der Waals surface area (Å²) in [6.45, 7) is 1.93.